The van der Waals surface area contributed by atoms with Crippen LogP contribution in [0.3, 0.4) is 0 Å². The highest BCUT2D eigenvalue weighted by molar-refractivity contribution is 6.03. The van der Waals surface area contributed by atoms with Gasteiger partial charge in [0.1, 0.15) is 5.69 Å². The normalized spacial score (nSPS) is 12.5. The quantitative estimate of drug-likeness (QED) is 0.438. The number of carbonyl (C=O) groups excluding carboxylic acids is 1. The highest BCUT2D eigenvalue weighted by Gasteiger charge is 2.60. The second-order valence-electron chi connectivity index (χ2n) is 7.24. The van der Waals surface area contributed by atoms with Crippen LogP contribution in [0.2, 0.25) is 0 Å². The van der Waals surface area contributed by atoms with E-state index >= 15 is 0 Å². The SMILES string of the molecule is CCn1cc(Cn2cc(NC(=O)c3cc4nc(C)cc(C(F)(F)C(F)(F)F)n4n3)cn2)cn1. The number of carbonyl (C=O) groups is 1. The lowest BCUT2D eigenvalue weighted by Crippen LogP contribution is -2.36. The molecule has 0 aliphatic heterocycles. The van der Waals surface area contributed by atoms with E-state index in [1.54, 1.807) is 15.6 Å². The number of nitrogens with zero attached hydrogens (tertiary/aromatic N) is 7. The highest BCUT2D eigenvalue weighted by Crippen LogP contribution is 2.43. The number of rotatable bonds is 6. The van der Waals surface area contributed by atoms with Crippen molar-refractivity contribution in [1.82, 2.24) is 34.2 Å². The Balaban J connectivity index is 1.57. The molecule has 1 amide bonds. The Kier molecular flexibility index (Phi) is 5.38. The summed E-state index contributed by atoms with van der Waals surface area (Å²) in [6, 6.07) is 1.61. The summed E-state index contributed by atoms with van der Waals surface area (Å²) in [5, 5.41) is 14.4. The van der Waals surface area contributed by atoms with Crippen LogP contribution in [-0.4, -0.2) is 46.2 Å². The van der Waals surface area contributed by atoms with Crippen LogP contribution >= 0.6 is 0 Å². The third-order valence-corrected chi connectivity index (χ3v) is 4.71. The molecule has 4 aromatic rings. The molecular weight excluding hydrogens is 451 g/mol. The summed E-state index contributed by atoms with van der Waals surface area (Å²) in [6.07, 6.45) is 0.583. The molecule has 33 heavy (non-hydrogen) atoms. The van der Waals surface area contributed by atoms with E-state index in [0.717, 1.165) is 11.6 Å². The first-order valence-corrected chi connectivity index (χ1v) is 9.65. The van der Waals surface area contributed by atoms with Gasteiger partial charge in [-0.25, -0.2) is 9.50 Å². The number of aromatic nitrogens is 7. The molecule has 4 aromatic heterocycles. The van der Waals surface area contributed by atoms with Gasteiger partial charge in [0.25, 0.3) is 5.91 Å². The number of hydrogen-bond donors (Lipinski definition) is 1. The van der Waals surface area contributed by atoms with Gasteiger partial charge in [0.2, 0.25) is 0 Å². The zero-order valence-corrected chi connectivity index (χ0v) is 17.3. The van der Waals surface area contributed by atoms with E-state index < -0.39 is 23.7 Å². The molecule has 0 atom stereocenters. The molecule has 1 N–H and O–H groups in total. The second kappa shape index (κ2) is 7.94. The minimum absolute atomic E-state index is 0.0824. The first kappa shape index (κ1) is 22.4. The molecule has 4 rings (SSSR count). The fourth-order valence-corrected chi connectivity index (χ4v) is 3.14. The fraction of sp³-hybridized carbons (Fsp3) is 0.316. The van der Waals surface area contributed by atoms with Gasteiger partial charge in [0.05, 0.1) is 24.6 Å². The summed E-state index contributed by atoms with van der Waals surface area (Å²) < 4.78 is 70.3. The number of halogens is 5. The van der Waals surface area contributed by atoms with Crippen LogP contribution < -0.4 is 5.32 Å². The van der Waals surface area contributed by atoms with Gasteiger partial charge < -0.3 is 5.32 Å². The second-order valence-corrected chi connectivity index (χ2v) is 7.24. The van der Waals surface area contributed by atoms with Gasteiger partial charge in [-0.05, 0) is 19.9 Å². The topological polar surface area (TPSA) is 94.9 Å². The van der Waals surface area contributed by atoms with E-state index in [-0.39, 0.29) is 22.7 Å². The Bertz CT molecular complexity index is 1320. The maximum absolute atomic E-state index is 14.0. The Labute approximate surface area is 182 Å². The van der Waals surface area contributed by atoms with Gasteiger partial charge in [0, 0.05) is 36.3 Å². The lowest BCUT2D eigenvalue weighted by Gasteiger charge is -2.20. The van der Waals surface area contributed by atoms with E-state index in [1.807, 2.05) is 13.1 Å². The van der Waals surface area contributed by atoms with Gasteiger partial charge in [-0.1, -0.05) is 0 Å². The number of hydrogen-bond acceptors (Lipinski definition) is 5. The lowest BCUT2D eigenvalue weighted by atomic mass is 10.2. The molecule has 4 heterocycles. The minimum atomic E-state index is -5.84. The van der Waals surface area contributed by atoms with E-state index in [4.69, 9.17) is 0 Å². The van der Waals surface area contributed by atoms with Crippen LogP contribution in [0.15, 0.2) is 36.9 Å². The zero-order chi connectivity index (χ0) is 24.0. The molecule has 0 unspecified atom stereocenters. The Morgan fingerprint density at radius 2 is 1.79 bits per heavy atom. The number of aryl methyl sites for hydroxylation is 2. The first-order valence-electron chi connectivity index (χ1n) is 9.65. The van der Waals surface area contributed by atoms with Crippen LogP contribution in [-0.2, 0) is 19.0 Å². The molecule has 0 radical (unpaired) electrons. The van der Waals surface area contributed by atoms with Crippen molar-refractivity contribution in [3.63, 3.8) is 0 Å². The van der Waals surface area contributed by atoms with E-state index in [1.165, 1.54) is 19.3 Å². The summed E-state index contributed by atoms with van der Waals surface area (Å²) in [5.74, 6) is -6.01. The van der Waals surface area contributed by atoms with Gasteiger partial charge in [-0.3, -0.25) is 14.2 Å². The summed E-state index contributed by atoms with van der Waals surface area (Å²) >= 11 is 0. The van der Waals surface area contributed by atoms with Crippen molar-refractivity contribution >= 4 is 17.2 Å². The van der Waals surface area contributed by atoms with Crippen LogP contribution in [0.25, 0.3) is 5.65 Å². The van der Waals surface area contributed by atoms with Crippen LogP contribution in [0.1, 0.15) is 34.4 Å². The average molecular weight is 468 g/mol. The highest BCUT2D eigenvalue weighted by atomic mass is 19.4. The fourth-order valence-electron chi connectivity index (χ4n) is 3.14. The van der Waals surface area contributed by atoms with Gasteiger partial charge in [0.15, 0.2) is 11.3 Å². The number of anilines is 1. The third-order valence-electron chi connectivity index (χ3n) is 4.71. The van der Waals surface area contributed by atoms with E-state index in [0.29, 0.717) is 23.7 Å². The standard InChI is InChI=1S/C19H17F5N8O/c1-3-30-8-12(6-25-30)9-31-10-13(7-26-31)28-17(33)14-5-16-27-11(2)4-15(32(16)29-14)18(20,21)19(22,23)24/h4-8,10H,3,9H2,1-2H3,(H,28,33). The molecule has 174 valence electrons. The molecule has 14 heteroatoms. The molecular formula is C19H17F5N8O. The first-order chi connectivity index (χ1) is 15.5. The number of alkyl halides is 5. The van der Waals surface area contributed by atoms with Crippen LogP contribution in [0, 0.1) is 6.92 Å². The van der Waals surface area contributed by atoms with Crippen molar-refractivity contribution in [2.24, 2.45) is 0 Å². The Morgan fingerprint density at radius 1 is 1.06 bits per heavy atom. The summed E-state index contributed by atoms with van der Waals surface area (Å²) in [7, 11) is 0. The minimum Gasteiger partial charge on any atom is -0.318 e. The number of fused-ring (bicyclic) bond motifs is 1. The average Bonchev–Trinajstić information content (AvgIpc) is 3.46. The van der Waals surface area contributed by atoms with Crippen molar-refractivity contribution in [3.05, 3.63) is 59.6 Å². The van der Waals surface area contributed by atoms with Gasteiger partial charge >= 0.3 is 12.1 Å². The summed E-state index contributed by atoms with van der Waals surface area (Å²) in [6.45, 7) is 4.32. The molecule has 0 aliphatic carbocycles. The monoisotopic (exact) mass is 468 g/mol. The molecule has 0 aromatic carbocycles. The molecule has 9 nitrogen and oxygen atoms in total. The van der Waals surface area contributed by atoms with Gasteiger partial charge in [-0.2, -0.15) is 37.2 Å². The molecule has 0 fully saturated rings. The van der Waals surface area contributed by atoms with Crippen LogP contribution in [0.5, 0.6) is 0 Å². The maximum Gasteiger partial charge on any atom is 0.459 e. The molecule has 0 spiro atoms. The van der Waals surface area contributed by atoms with Crippen molar-refractivity contribution in [2.75, 3.05) is 5.32 Å². The molecule has 0 bridgehead atoms. The Hall–Kier alpha value is -3.84. The zero-order valence-electron chi connectivity index (χ0n) is 17.3. The van der Waals surface area contributed by atoms with Crippen molar-refractivity contribution in [1.29, 1.82) is 0 Å². The van der Waals surface area contributed by atoms with Crippen molar-refractivity contribution in [2.45, 2.75) is 39.0 Å². The van der Waals surface area contributed by atoms with Crippen molar-refractivity contribution < 1.29 is 26.7 Å². The smallest absolute Gasteiger partial charge is 0.318 e. The maximum atomic E-state index is 14.0. The molecule has 0 saturated heterocycles. The van der Waals surface area contributed by atoms with E-state index in [2.05, 4.69) is 25.6 Å². The predicted octanol–water partition coefficient (Wildman–Crippen LogP) is 3.41. The predicted molar refractivity (Wildman–Crippen MR) is 105 cm³/mol. The van der Waals surface area contributed by atoms with Crippen LogP contribution in [0.4, 0.5) is 27.6 Å². The summed E-state index contributed by atoms with van der Waals surface area (Å²) in [5.41, 5.74) is -1.05. The number of nitrogens with one attached hydrogen (secondary N) is 1. The third kappa shape index (κ3) is 4.27. The largest absolute Gasteiger partial charge is 0.459 e. The molecule has 0 saturated carbocycles. The number of amides is 1. The van der Waals surface area contributed by atoms with Crippen molar-refractivity contribution in [3.8, 4) is 0 Å². The lowest BCUT2D eigenvalue weighted by molar-refractivity contribution is -0.291. The molecule has 0 aliphatic rings. The van der Waals surface area contributed by atoms with E-state index in [9.17, 15) is 26.7 Å². The van der Waals surface area contributed by atoms with Gasteiger partial charge in [-0.15, -0.1) is 0 Å². The summed E-state index contributed by atoms with van der Waals surface area (Å²) in [4.78, 5) is 16.5. The Morgan fingerprint density at radius 3 is 2.45 bits per heavy atom.